The normalized spacial score (nSPS) is 32.8. The van der Waals surface area contributed by atoms with Crippen molar-refractivity contribution in [3.05, 3.63) is 76.9 Å². The largest absolute Gasteiger partial charge is 0.508 e. The van der Waals surface area contributed by atoms with Crippen LogP contribution in [-0.4, -0.2) is 16.6 Å². The summed E-state index contributed by atoms with van der Waals surface area (Å²) in [7, 11) is 4.30. The highest BCUT2D eigenvalue weighted by atomic mass is 33.1. The first-order valence-corrected chi connectivity index (χ1v) is 17.7. The smallest absolute Gasteiger partial charge is 0.116 e. The Hall–Kier alpha value is -1.32. The molecule has 0 aromatic heterocycles. The molecule has 0 amide bonds. The van der Waals surface area contributed by atoms with E-state index < -0.39 is 0 Å². The summed E-state index contributed by atoms with van der Waals surface area (Å²) in [5.74, 6) is 6.85. The lowest BCUT2D eigenvalue weighted by atomic mass is 9.60. The average molecular weight is 549 g/mol. The number of rotatable bonds is 2. The van der Waals surface area contributed by atoms with Gasteiger partial charge in [-0.05, 0) is 127 Å². The van der Waals surface area contributed by atoms with Crippen molar-refractivity contribution in [1.82, 2.24) is 0 Å². The van der Waals surface area contributed by atoms with Crippen LogP contribution in [0.15, 0.2) is 54.6 Å². The van der Waals surface area contributed by atoms with Crippen LogP contribution in [0.5, 0.6) is 5.75 Å². The molecule has 1 nitrogen and oxygen atoms in total. The predicted molar refractivity (Wildman–Crippen MR) is 168 cm³/mol. The molecule has 1 saturated carbocycles. The highest BCUT2D eigenvalue weighted by Crippen LogP contribution is 2.50. The molecule has 4 bridgehead atoms. The molecule has 1 fully saturated rings. The Morgan fingerprint density at radius 1 is 0.947 bits per heavy atom. The SMILES string of the molecule is CCC1CCc2ccccc2Cc2cc(O)cc(c2)CC2CC(CSSC1)CC(C1(C)C=CCC(C)C1)C2. The van der Waals surface area contributed by atoms with Gasteiger partial charge in [-0.3, -0.25) is 0 Å². The Morgan fingerprint density at radius 3 is 2.53 bits per heavy atom. The molecule has 2 aliphatic carbocycles. The third kappa shape index (κ3) is 7.25. The van der Waals surface area contributed by atoms with Crippen LogP contribution >= 0.6 is 21.6 Å². The minimum Gasteiger partial charge on any atom is -0.508 e. The van der Waals surface area contributed by atoms with Gasteiger partial charge < -0.3 is 5.11 Å². The molecule has 1 heterocycles. The Balaban J connectivity index is 1.43. The molecule has 1 aliphatic heterocycles. The van der Waals surface area contributed by atoms with Gasteiger partial charge in [0, 0.05) is 11.5 Å². The Kier molecular flexibility index (Phi) is 9.58. The summed E-state index contributed by atoms with van der Waals surface area (Å²) in [5.41, 5.74) is 5.84. The van der Waals surface area contributed by atoms with Crippen LogP contribution in [0.2, 0.25) is 0 Å². The molecule has 206 valence electrons. The van der Waals surface area contributed by atoms with Crippen LogP contribution in [0.4, 0.5) is 0 Å². The first kappa shape index (κ1) is 28.2. The number of phenolic OH excluding ortho intramolecular Hbond substituents is 1. The third-order valence-electron chi connectivity index (χ3n) is 9.83. The topological polar surface area (TPSA) is 20.2 Å². The summed E-state index contributed by atoms with van der Waals surface area (Å²) in [6, 6.07) is 15.4. The first-order valence-electron chi connectivity index (χ1n) is 15.2. The number of benzene rings is 2. The minimum atomic E-state index is 0.339. The van der Waals surface area contributed by atoms with Crippen molar-refractivity contribution in [2.75, 3.05) is 11.5 Å². The van der Waals surface area contributed by atoms with Crippen LogP contribution < -0.4 is 0 Å². The molecule has 1 N–H and O–H groups in total. The molecule has 2 aromatic rings. The fourth-order valence-electron chi connectivity index (χ4n) is 7.72. The zero-order valence-electron chi connectivity index (χ0n) is 23.8. The maximum atomic E-state index is 10.7. The van der Waals surface area contributed by atoms with Crippen LogP contribution in [0.3, 0.4) is 0 Å². The number of fused-ring (bicyclic) bond motifs is 5. The van der Waals surface area contributed by atoms with Gasteiger partial charge in [0.1, 0.15) is 5.75 Å². The summed E-state index contributed by atoms with van der Waals surface area (Å²) in [5, 5.41) is 10.7. The zero-order chi connectivity index (χ0) is 26.5. The number of aryl methyl sites for hydroxylation is 1. The van der Waals surface area contributed by atoms with Crippen molar-refractivity contribution in [2.45, 2.75) is 85.0 Å². The number of allylic oxidation sites excluding steroid dienone is 2. The second kappa shape index (κ2) is 12.9. The van der Waals surface area contributed by atoms with Gasteiger partial charge in [-0.15, -0.1) is 0 Å². The molecular weight excluding hydrogens is 501 g/mol. The Morgan fingerprint density at radius 2 is 1.71 bits per heavy atom. The van der Waals surface area contributed by atoms with E-state index in [0.717, 1.165) is 42.9 Å². The molecule has 0 spiro atoms. The molecule has 3 heteroatoms. The van der Waals surface area contributed by atoms with Crippen molar-refractivity contribution in [3.8, 4) is 5.75 Å². The molecular formula is C35H48OS2. The standard InChI is InChI=1S/C35H48OS2/c1-4-26-11-12-31-9-5-6-10-32(31)17-29-15-28(20-34(36)21-29)14-27-16-30(24-38-37-23-26)19-33(18-27)35(3)13-7-8-25(2)22-35/h5-7,9-10,13,15,20-21,25-27,30,33,36H,4,8,11-12,14,16-19,22-24H2,1-3H3. The molecule has 0 saturated heterocycles. The van der Waals surface area contributed by atoms with Crippen molar-refractivity contribution < 1.29 is 5.11 Å². The van der Waals surface area contributed by atoms with E-state index >= 15 is 0 Å². The quantitative estimate of drug-likeness (QED) is 0.298. The summed E-state index contributed by atoms with van der Waals surface area (Å²) in [6.45, 7) is 7.36. The third-order valence-corrected chi connectivity index (χ3v) is 12.5. The van der Waals surface area contributed by atoms with Gasteiger partial charge in [0.15, 0.2) is 0 Å². The summed E-state index contributed by atoms with van der Waals surface area (Å²) in [4.78, 5) is 0. The van der Waals surface area contributed by atoms with E-state index in [1.165, 1.54) is 78.7 Å². The molecule has 5 rings (SSSR count). The van der Waals surface area contributed by atoms with Crippen LogP contribution in [0, 0.1) is 35.0 Å². The van der Waals surface area contributed by atoms with Crippen molar-refractivity contribution in [1.29, 1.82) is 0 Å². The lowest BCUT2D eigenvalue weighted by Crippen LogP contribution is -2.37. The number of phenols is 1. The monoisotopic (exact) mass is 548 g/mol. The maximum absolute atomic E-state index is 10.7. The van der Waals surface area contributed by atoms with Gasteiger partial charge in [-0.25, -0.2) is 0 Å². The molecule has 3 aliphatic rings. The molecule has 0 radical (unpaired) electrons. The lowest BCUT2D eigenvalue weighted by molar-refractivity contribution is 0.0932. The van der Waals surface area contributed by atoms with Crippen LogP contribution in [0.1, 0.15) is 88.0 Å². The summed E-state index contributed by atoms with van der Waals surface area (Å²) in [6.07, 6.45) is 17.4. The van der Waals surface area contributed by atoms with Crippen molar-refractivity contribution in [2.24, 2.45) is 35.0 Å². The second-order valence-corrected chi connectivity index (χ2v) is 15.7. The lowest BCUT2D eigenvalue weighted by Gasteiger charge is -2.46. The van der Waals surface area contributed by atoms with E-state index in [4.69, 9.17) is 0 Å². The van der Waals surface area contributed by atoms with Crippen LogP contribution in [-0.2, 0) is 19.3 Å². The summed E-state index contributed by atoms with van der Waals surface area (Å²) >= 11 is 0. The van der Waals surface area contributed by atoms with Gasteiger partial charge >= 0.3 is 0 Å². The molecule has 2 aromatic carbocycles. The highest BCUT2D eigenvalue weighted by Gasteiger charge is 2.40. The predicted octanol–water partition coefficient (Wildman–Crippen LogP) is 9.90. The number of hydrogen-bond acceptors (Lipinski definition) is 3. The van der Waals surface area contributed by atoms with E-state index in [0.29, 0.717) is 17.1 Å². The van der Waals surface area contributed by atoms with Gasteiger partial charge in [-0.2, -0.15) is 0 Å². The van der Waals surface area contributed by atoms with E-state index in [2.05, 4.69) is 84.8 Å². The van der Waals surface area contributed by atoms with E-state index in [1.807, 2.05) is 12.1 Å². The Labute approximate surface area is 240 Å². The van der Waals surface area contributed by atoms with Gasteiger partial charge in [0.05, 0.1) is 0 Å². The highest BCUT2D eigenvalue weighted by molar-refractivity contribution is 8.76. The average Bonchev–Trinajstić information content (AvgIpc) is 2.88. The molecule has 6 atom stereocenters. The van der Waals surface area contributed by atoms with Gasteiger partial charge in [0.2, 0.25) is 0 Å². The maximum Gasteiger partial charge on any atom is 0.116 e. The number of hydrogen-bond donors (Lipinski definition) is 1. The summed E-state index contributed by atoms with van der Waals surface area (Å²) < 4.78 is 0. The van der Waals surface area contributed by atoms with Crippen molar-refractivity contribution in [3.63, 3.8) is 0 Å². The van der Waals surface area contributed by atoms with Gasteiger partial charge in [0.25, 0.3) is 0 Å². The van der Waals surface area contributed by atoms with E-state index in [9.17, 15) is 5.11 Å². The first-order chi connectivity index (χ1) is 18.4. The van der Waals surface area contributed by atoms with E-state index in [-0.39, 0.29) is 0 Å². The fourth-order valence-corrected chi connectivity index (χ4v) is 10.7. The second-order valence-electron chi connectivity index (χ2n) is 13.1. The zero-order valence-corrected chi connectivity index (χ0v) is 25.5. The molecule has 38 heavy (non-hydrogen) atoms. The van der Waals surface area contributed by atoms with E-state index in [1.54, 1.807) is 0 Å². The molecule has 6 unspecified atom stereocenters. The Bertz CT molecular complexity index is 1090. The fraction of sp³-hybridized carbons (Fsp3) is 0.600. The van der Waals surface area contributed by atoms with Gasteiger partial charge in [-0.1, -0.05) is 91.3 Å². The van der Waals surface area contributed by atoms with Crippen LogP contribution in [0.25, 0.3) is 0 Å². The minimum absolute atomic E-state index is 0.339. The number of aromatic hydroxyl groups is 1. The van der Waals surface area contributed by atoms with Crippen molar-refractivity contribution >= 4 is 21.6 Å².